The smallest absolute Gasteiger partial charge is 0.373 e. The zero-order valence-electron chi connectivity index (χ0n) is 15.9. The number of alkyl halides is 3. The van der Waals surface area contributed by atoms with Crippen molar-refractivity contribution >= 4 is 17.5 Å². The Morgan fingerprint density at radius 2 is 1.78 bits per heavy atom. The van der Waals surface area contributed by atoms with Gasteiger partial charge in [-0.15, -0.1) is 0 Å². The summed E-state index contributed by atoms with van der Waals surface area (Å²) < 4.78 is 38.7. The first-order valence-corrected chi connectivity index (χ1v) is 8.79. The van der Waals surface area contributed by atoms with Gasteiger partial charge in [0.15, 0.2) is 0 Å². The van der Waals surface area contributed by atoms with Crippen LogP contribution in [0.25, 0.3) is 0 Å². The fraction of sp³-hybridized carbons (Fsp3) is 0.579. The van der Waals surface area contributed by atoms with Gasteiger partial charge in [-0.25, -0.2) is 0 Å². The molecular formula is C19H25F3N2O3. The second-order valence-electron chi connectivity index (χ2n) is 7.43. The standard InChI is InChI=1S/C19H25F3N2O3/c1-12-5-7-14(8-6-12)23(4)16(25)15-9-10-24(11-13(15)2)17(26)18(3,27)19(20,21)22/h5-8,13,15,27H,9-11H2,1-4H3/t13-,15+,18?/m1/s1. The molecule has 3 atom stereocenters. The second kappa shape index (κ2) is 7.50. The van der Waals surface area contributed by atoms with Crippen LogP contribution in [-0.4, -0.2) is 53.7 Å². The highest BCUT2D eigenvalue weighted by Gasteiger charge is 2.57. The summed E-state index contributed by atoms with van der Waals surface area (Å²) in [6.07, 6.45) is -4.80. The van der Waals surface area contributed by atoms with Crippen LogP contribution in [0.1, 0.15) is 25.8 Å². The summed E-state index contributed by atoms with van der Waals surface area (Å²) in [5.41, 5.74) is -1.63. The molecule has 1 saturated heterocycles. The van der Waals surface area contributed by atoms with Crippen LogP contribution < -0.4 is 4.90 Å². The van der Waals surface area contributed by atoms with Crippen molar-refractivity contribution in [3.8, 4) is 0 Å². The van der Waals surface area contributed by atoms with Crippen LogP contribution in [0.15, 0.2) is 24.3 Å². The van der Waals surface area contributed by atoms with Gasteiger partial charge in [0.05, 0.1) is 0 Å². The Balaban J connectivity index is 2.07. The van der Waals surface area contributed by atoms with Crippen molar-refractivity contribution < 1.29 is 27.9 Å². The van der Waals surface area contributed by atoms with Crippen LogP contribution in [0.2, 0.25) is 0 Å². The number of aryl methyl sites for hydroxylation is 1. The summed E-state index contributed by atoms with van der Waals surface area (Å²) in [5.74, 6) is -2.25. The topological polar surface area (TPSA) is 60.9 Å². The van der Waals surface area contributed by atoms with Gasteiger partial charge < -0.3 is 14.9 Å². The molecule has 1 heterocycles. The van der Waals surface area contributed by atoms with Gasteiger partial charge in [0.2, 0.25) is 11.5 Å². The number of benzene rings is 1. The summed E-state index contributed by atoms with van der Waals surface area (Å²) in [6, 6.07) is 7.44. The maximum Gasteiger partial charge on any atom is 0.426 e. The number of amides is 2. The number of hydrogen-bond donors (Lipinski definition) is 1. The number of carbonyl (C=O) groups is 2. The van der Waals surface area contributed by atoms with E-state index in [4.69, 9.17) is 0 Å². The number of anilines is 1. The molecule has 0 aliphatic carbocycles. The van der Waals surface area contributed by atoms with E-state index in [1.165, 1.54) is 4.90 Å². The quantitative estimate of drug-likeness (QED) is 0.869. The van der Waals surface area contributed by atoms with Gasteiger partial charge in [-0.1, -0.05) is 24.6 Å². The van der Waals surface area contributed by atoms with Crippen LogP contribution in [0.4, 0.5) is 18.9 Å². The fourth-order valence-electron chi connectivity index (χ4n) is 3.27. The molecule has 5 nitrogen and oxygen atoms in total. The van der Waals surface area contributed by atoms with Gasteiger partial charge in [-0.2, -0.15) is 13.2 Å². The van der Waals surface area contributed by atoms with Gasteiger partial charge in [0.25, 0.3) is 5.91 Å². The molecule has 2 amide bonds. The molecule has 0 spiro atoms. The average Bonchev–Trinajstić information content (AvgIpc) is 2.59. The highest BCUT2D eigenvalue weighted by atomic mass is 19.4. The molecule has 0 saturated carbocycles. The van der Waals surface area contributed by atoms with Crippen molar-refractivity contribution in [2.24, 2.45) is 11.8 Å². The Morgan fingerprint density at radius 3 is 2.26 bits per heavy atom. The third-order valence-corrected chi connectivity index (χ3v) is 5.23. The van der Waals surface area contributed by atoms with Crippen LogP contribution in [0.5, 0.6) is 0 Å². The molecule has 0 bridgehead atoms. The Kier molecular flexibility index (Phi) is 5.89. The first kappa shape index (κ1) is 21.2. The molecule has 1 aromatic carbocycles. The monoisotopic (exact) mass is 386 g/mol. The maximum atomic E-state index is 12.9. The summed E-state index contributed by atoms with van der Waals surface area (Å²) >= 11 is 0. The first-order chi connectivity index (χ1) is 12.4. The number of likely N-dealkylation sites (tertiary alicyclic amines) is 1. The summed E-state index contributed by atoms with van der Waals surface area (Å²) in [6.45, 7) is 4.11. The van der Waals surface area contributed by atoms with Gasteiger partial charge in [0, 0.05) is 31.7 Å². The predicted molar refractivity (Wildman–Crippen MR) is 95.1 cm³/mol. The van der Waals surface area contributed by atoms with Crippen molar-refractivity contribution in [1.82, 2.24) is 4.90 Å². The van der Waals surface area contributed by atoms with E-state index in [-0.39, 0.29) is 31.3 Å². The molecule has 1 aromatic rings. The van der Waals surface area contributed by atoms with Crippen LogP contribution in [-0.2, 0) is 9.59 Å². The molecule has 8 heteroatoms. The number of hydrogen-bond acceptors (Lipinski definition) is 3. The third kappa shape index (κ3) is 4.26. The van der Waals surface area contributed by atoms with Crippen LogP contribution >= 0.6 is 0 Å². The van der Waals surface area contributed by atoms with Gasteiger partial charge >= 0.3 is 6.18 Å². The molecule has 1 unspecified atom stereocenters. The maximum absolute atomic E-state index is 12.9. The first-order valence-electron chi connectivity index (χ1n) is 8.79. The second-order valence-corrected chi connectivity index (χ2v) is 7.43. The number of aliphatic hydroxyl groups is 1. The molecule has 2 rings (SSSR count). The highest BCUT2D eigenvalue weighted by molar-refractivity contribution is 5.95. The molecule has 27 heavy (non-hydrogen) atoms. The molecule has 1 aliphatic rings. The lowest BCUT2D eigenvalue weighted by Gasteiger charge is -2.40. The minimum atomic E-state index is -5.05. The third-order valence-electron chi connectivity index (χ3n) is 5.23. The molecule has 150 valence electrons. The fourth-order valence-corrected chi connectivity index (χ4v) is 3.27. The van der Waals surface area contributed by atoms with Crippen molar-refractivity contribution in [1.29, 1.82) is 0 Å². The number of piperidine rings is 1. The van der Waals surface area contributed by atoms with E-state index in [1.807, 2.05) is 31.2 Å². The largest absolute Gasteiger partial charge is 0.426 e. The van der Waals surface area contributed by atoms with E-state index in [9.17, 15) is 27.9 Å². The highest BCUT2D eigenvalue weighted by Crippen LogP contribution is 2.34. The lowest BCUT2D eigenvalue weighted by Crippen LogP contribution is -2.59. The Bertz CT molecular complexity index is 701. The lowest BCUT2D eigenvalue weighted by atomic mass is 9.85. The number of nitrogens with zero attached hydrogens (tertiary/aromatic N) is 2. The van der Waals surface area contributed by atoms with E-state index >= 15 is 0 Å². The molecule has 1 fully saturated rings. The lowest BCUT2D eigenvalue weighted by molar-refractivity contribution is -0.251. The summed E-state index contributed by atoms with van der Waals surface area (Å²) in [4.78, 5) is 27.5. The number of carbonyl (C=O) groups excluding carboxylic acids is 2. The Morgan fingerprint density at radius 1 is 1.22 bits per heavy atom. The zero-order valence-corrected chi connectivity index (χ0v) is 15.9. The van der Waals surface area contributed by atoms with Crippen molar-refractivity contribution in [3.63, 3.8) is 0 Å². The summed E-state index contributed by atoms with van der Waals surface area (Å²) in [5, 5.41) is 9.60. The predicted octanol–water partition coefficient (Wildman–Crippen LogP) is 2.76. The summed E-state index contributed by atoms with van der Waals surface area (Å²) in [7, 11) is 1.66. The van der Waals surface area contributed by atoms with E-state index in [0.29, 0.717) is 6.92 Å². The Hall–Kier alpha value is -2.09. The minimum absolute atomic E-state index is 0.00640. The van der Waals surface area contributed by atoms with Crippen LogP contribution in [0, 0.1) is 18.8 Å². The SMILES string of the molecule is Cc1ccc(N(C)C(=O)[C@H]2CCN(C(=O)C(C)(O)C(F)(F)F)C[C@H]2C)cc1. The number of halogens is 3. The minimum Gasteiger partial charge on any atom is -0.373 e. The van der Waals surface area contributed by atoms with Gasteiger partial charge in [0.1, 0.15) is 0 Å². The molecule has 0 radical (unpaired) electrons. The molecule has 1 aliphatic heterocycles. The average molecular weight is 386 g/mol. The van der Waals surface area contributed by atoms with Crippen molar-refractivity contribution in [2.75, 3.05) is 25.0 Å². The molecule has 0 aromatic heterocycles. The molecular weight excluding hydrogens is 361 g/mol. The Labute approximate surface area is 156 Å². The van der Waals surface area contributed by atoms with Gasteiger partial charge in [-0.3, -0.25) is 9.59 Å². The number of rotatable bonds is 3. The van der Waals surface area contributed by atoms with E-state index in [0.717, 1.165) is 16.2 Å². The molecule has 1 N–H and O–H groups in total. The van der Waals surface area contributed by atoms with Crippen LogP contribution in [0.3, 0.4) is 0 Å². The normalized spacial score (nSPS) is 22.9. The van der Waals surface area contributed by atoms with Crippen molar-refractivity contribution in [3.05, 3.63) is 29.8 Å². The van der Waals surface area contributed by atoms with Crippen molar-refractivity contribution in [2.45, 2.75) is 39.0 Å². The van der Waals surface area contributed by atoms with E-state index in [2.05, 4.69) is 0 Å². The van der Waals surface area contributed by atoms with E-state index < -0.39 is 23.6 Å². The zero-order chi connectivity index (χ0) is 20.6. The van der Waals surface area contributed by atoms with Gasteiger partial charge in [-0.05, 0) is 38.3 Å². The van der Waals surface area contributed by atoms with E-state index in [1.54, 1.807) is 14.0 Å².